The predicted octanol–water partition coefficient (Wildman–Crippen LogP) is 5.91. The first kappa shape index (κ1) is 4.48. The smallest absolute Gasteiger partial charge is 0.0347 e. The number of hydrogen-bond donors (Lipinski definition) is 0. The molecule has 0 unspecified atom stereocenters. The van der Waals surface area contributed by atoms with E-state index in [0.29, 0.717) is 5.56 Å². The van der Waals surface area contributed by atoms with E-state index in [1.807, 2.05) is 0 Å². The number of rotatable bonds is 3. The molecule has 0 spiro atoms. The average molecular weight is 266 g/mol. The molecule has 0 saturated carbocycles. The first-order chi connectivity index (χ1) is 14.6. The maximum absolute atomic E-state index is 8.61. The van der Waals surface area contributed by atoms with Crippen LogP contribution in [0.3, 0.4) is 0 Å². The third-order valence-electron chi connectivity index (χ3n) is 3.05. The Kier molecular flexibility index (Phi) is 1.32. The molecule has 2 rings (SSSR count). The largest absolute Gasteiger partial charge is 0.0622 e. The standard InChI is InChI=1S/C19H24/c1-13(2)18-11-17(16-9-7-6-8-10-16)12-19(14(3)4)15(18)5/h6-14H,1-5H3/i1D3,2D3,3D3,4D3,13D,14D. The number of hydrogen-bond acceptors (Lipinski definition) is 0. The molecule has 0 saturated heterocycles. The van der Waals surface area contributed by atoms with Gasteiger partial charge in [-0.1, -0.05) is 69.9 Å². The topological polar surface area (TPSA) is 0 Å². The molecule has 0 N–H and O–H groups in total. The molecule has 2 aromatic rings. The van der Waals surface area contributed by atoms with Crippen molar-refractivity contribution < 1.29 is 19.2 Å². The maximum atomic E-state index is 8.61. The lowest BCUT2D eigenvalue weighted by Crippen LogP contribution is -2.00. The minimum Gasteiger partial charge on any atom is -0.0622 e. The van der Waals surface area contributed by atoms with Gasteiger partial charge in [0.1, 0.15) is 0 Å². The highest BCUT2D eigenvalue weighted by atomic mass is 14.2. The van der Waals surface area contributed by atoms with Crippen LogP contribution in [0.5, 0.6) is 0 Å². The van der Waals surface area contributed by atoms with Gasteiger partial charge in [-0.05, 0) is 46.5 Å². The quantitative estimate of drug-likeness (QED) is 0.648. The highest BCUT2D eigenvalue weighted by Crippen LogP contribution is 2.32. The zero-order valence-electron chi connectivity index (χ0n) is 24.5. The molecule has 0 nitrogen and oxygen atoms in total. The molecular weight excluding hydrogens is 228 g/mol. The van der Waals surface area contributed by atoms with E-state index >= 15 is 0 Å². The van der Waals surface area contributed by atoms with Crippen LogP contribution in [0, 0.1) is 6.92 Å². The molecule has 100 valence electrons. The van der Waals surface area contributed by atoms with Crippen LogP contribution in [0.15, 0.2) is 42.5 Å². The second-order valence-corrected chi connectivity index (χ2v) is 4.31. The lowest BCUT2D eigenvalue weighted by molar-refractivity contribution is 0.818. The highest BCUT2D eigenvalue weighted by Gasteiger charge is 2.13. The van der Waals surface area contributed by atoms with Gasteiger partial charge in [0, 0.05) is 19.2 Å². The Morgan fingerprint density at radius 1 is 0.842 bits per heavy atom. The predicted molar refractivity (Wildman–Crippen MR) is 84.8 cm³/mol. The third-order valence-corrected chi connectivity index (χ3v) is 3.05. The number of benzene rings is 2. The first-order valence-corrected chi connectivity index (χ1v) is 5.82. The van der Waals surface area contributed by atoms with Crippen molar-refractivity contribution in [1.29, 1.82) is 0 Å². The minimum absolute atomic E-state index is 0.0986. The maximum Gasteiger partial charge on any atom is 0.0347 e. The normalized spacial score (nSPS) is 25.9. The van der Waals surface area contributed by atoms with Crippen LogP contribution in [0.1, 0.15) is 75.1 Å². The molecule has 0 radical (unpaired) electrons. The van der Waals surface area contributed by atoms with Gasteiger partial charge in [-0.15, -0.1) is 0 Å². The van der Waals surface area contributed by atoms with E-state index in [9.17, 15) is 0 Å². The average Bonchev–Trinajstić information content (AvgIpc) is 2.64. The van der Waals surface area contributed by atoms with Crippen molar-refractivity contribution in [2.75, 3.05) is 0 Å². The third kappa shape index (κ3) is 2.89. The monoisotopic (exact) mass is 266 g/mol. The molecule has 0 heterocycles. The van der Waals surface area contributed by atoms with Gasteiger partial charge in [-0.2, -0.15) is 0 Å². The molecule has 0 fully saturated rings. The van der Waals surface area contributed by atoms with Crippen molar-refractivity contribution in [3.05, 3.63) is 59.2 Å². The van der Waals surface area contributed by atoms with Crippen LogP contribution in [0.2, 0.25) is 0 Å². The van der Waals surface area contributed by atoms with Gasteiger partial charge < -0.3 is 0 Å². The van der Waals surface area contributed by atoms with Gasteiger partial charge in [0.25, 0.3) is 0 Å². The Hall–Kier alpha value is -1.56. The Morgan fingerprint density at radius 2 is 1.37 bits per heavy atom. The molecule has 0 aliphatic rings. The van der Waals surface area contributed by atoms with Crippen molar-refractivity contribution >= 4 is 0 Å². The molecule has 0 amide bonds. The van der Waals surface area contributed by atoms with Crippen LogP contribution in [0.4, 0.5) is 0 Å². The Bertz CT molecular complexity index is 905. The summed E-state index contributed by atoms with van der Waals surface area (Å²) in [5.74, 6) is -6.43. The summed E-state index contributed by atoms with van der Waals surface area (Å²) in [7, 11) is 0. The van der Waals surface area contributed by atoms with E-state index in [1.165, 1.54) is 0 Å². The van der Waals surface area contributed by atoms with Crippen molar-refractivity contribution in [1.82, 2.24) is 0 Å². The Labute approximate surface area is 137 Å². The van der Waals surface area contributed by atoms with E-state index in [-0.39, 0.29) is 11.1 Å². The fourth-order valence-corrected chi connectivity index (χ4v) is 2.03. The Balaban J connectivity index is 3.15. The van der Waals surface area contributed by atoms with E-state index in [2.05, 4.69) is 0 Å². The SMILES string of the molecule is [2H]C([2H])([2H])C([2H])(c1cc(-c2ccccc2)cc(C([2H])(C([2H])([2H])[2H])C([2H])([2H])[2H])c1C)C([2H])([2H])[2H]. The van der Waals surface area contributed by atoms with Gasteiger partial charge >= 0.3 is 0 Å². The van der Waals surface area contributed by atoms with Crippen LogP contribution in [0.25, 0.3) is 11.1 Å². The molecule has 0 atom stereocenters. The minimum atomic E-state index is -3.39. The van der Waals surface area contributed by atoms with Crippen LogP contribution in [-0.4, -0.2) is 0 Å². The van der Waals surface area contributed by atoms with Crippen LogP contribution < -0.4 is 0 Å². The zero-order chi connectivity index (χ0) is 25.8. The van der Waals surface area contributed by atoms with Crippen molar-refractivity contribution in [3.63, 3.8) is 0 Å². The second-order valence-electron chi connectivity index (χ2n) is 4.31. The molecule has 0 heteroatoms. The van der Waals surface area contributed by atoms with Gasteiger partial charge in [0.05, 0.1) is 0 Å². The lowest BCUT2D eigenvalue weighted by Gasteiger charge is -2.19. The van der Waals surface area contributed by atoms with Crippen molar-refractivity contribution in [2.24, 2.45) is 0 Å². The lowest BCUT2D eigenvalue weighted by atomic mass is 9.86. The summed E-state index contributed by atoms with van der Waals surface area (Å²) < 4.78 is 111. The van der Waals surface area contributed by atoms with Gasteiger partial charge in [-0.25, -0.2) is 0 Å². The van der Waals surface area contributed by atoms with E-state index < -0.39 is 50.3 Å². The molecule has 0 bridgehead atoms. The van der Waals surface area contributed by atoms with Crippen LogP contribution >= 0.6 is 0 Å². The Morgan fingerprint density at radius 3 is 1.84 bits per heavy atom. The van der Waals surface area contributed by atoms with E-state index in [0.717, 1.165) is 19.1 Å². The molecule has 0 aliphatic heterocycles. The van der Waals surface area contributed by atoms with Gasteiger partial charge in [0.2, 0.25) is 0 Å². The zero-order valence-corrected chi connectivity index (χ0v) is 10.5. The summed E-state index contributed by atoms with van der Waals surface area (Å²) in [6.07, 6.45) is 0. The van der Waals surface area contributed by atoms with E-state index in [1.54, 1.807) is 30.3 Å². The fourth-order valence-electron chi connectivity index (χ4n) is 2.03. The van der Waals surface area contributed by atoms with Crippen LogP contribution in [-0.2, 0) is 0 Å². The highest BCUT2D eigenvalue weighted by molar-refractivity contribution is 5.66. The van der Waals surface area contributed by atoms with E-state index in [4.69, 9.17) is 19.2 Å². The molecule has 0 aromatic heterocycles. The van der Waals surface area contributed by atoms with Crippen molar-refractivity contribution in [3.8, 4) is 11.1 Å². The summed E-state index contributed by atoms with van der Waals surface area (Å²) in [5, 5.41) is 0. The molecule has 19 heavy (non-hydrogen) atoms. The summed E-state index contributed by atoms with van der Waals surface area (Å²) in [6.45, 7) is -12.4. The summed E-state index contributed by atoms with van der Waals surface area (Å²) in [5.41, 5.74) is -1.01. The fraction of sp³-hybridized carbons (Fsp3) is 0.368. The second kappa shape index (κ2) is 5.61. The van der Waals surface area contributed by atoms with Gasteiger partial charge in [0.15, 0.2) is 0 Å². The first-order valence-electron chi connectivity index (χ1n) is 12.8. The van der Waals surface area contributed by atoms with Gasteiger partial charge in [-0.3, -0.25) is 0 Å². The molecular formula is C19H24. The summed E-state index contributed by atoms with van der Waals surface area (Å²) in [4.78, 5) is 0. The summed E-state index contributed by atoms with van der Waals surface area (Å²) >= 11 is 0. The molecule has 2 aromatic carbocycles. The molecule has 0 aliphatic carbocycles. The van der Waals surface area contributed by atoms with Crippen molar-refractivity contribution in [2.45, 2.75) is 46.1 Å². The summed E-state index contributed by atoms with van der Waals surface area (Å²) in [6, 6.07) is 10.4.